The molecule has 112 valence electrons. The zero-order valence-electron chi connectivity index (χ0n) is 13.2. The second-order valence-electron chi connectivity index (χ2n) is 5.87. The summed E-state index contributed by atoms with van der Waals surface area (Å²) in [5.41, 5.74) is 3.81. The number of rotatable bonds is 7. The maximum atomic E-state index is 4.27. The van der Waals surface area contributed by atoms with Crippen molar-refractivity contribution in [2.75, 3.05) is 18.5 Å². The van der Waals surface area contributed by atoms with E-state index in [1.54, 1.807) is 0 Å². The summed E-state index contributed by atoms with van der Waals surface area (Å²) in [4.78, 5) is 6.55. The molecule has 0 unspecified atom stereocenters. The van der Waals surface area contributed by atoms with E-state index in [2.05, 4.69) is 72.5 Å². The van der Waals surface area contributed by atoms with Crippen LogP contribution in [0, 0.1) is 5.92 Å². The van der Waals surface area contributed by atoms with E-state index < -0.39 is 0 Å². The Labute approximate surface area is 128 Å². The summed E-state index contributed by atoms with van der Waals surface area (Å²) in [5, 5.41) is 3.49. The van der Waals surface area contributed by atoms with Gasteiger partial charge in [0.05, 0.1) is 0 Å². The second kappa shape index (κ2) is 7.79. The number of benzene rings is 1. The monoisotopic (exact) mass is 283 g/mol. The molecule has 0 saturated heterocycles. The molecule has 2 rings (SSSR count). The molecule has 0 saturated carbocycles. The highest BCUT2D eigenvalue weighted by Gasteiger charge is 2.08. The average molecular weight is 283 g/mol. The fourth-order valence-corrected chi connectivity index (χ4v) is 2.37. The van der Waals surface area contributed by atoms with E-state index >= 15 is 0 Å². The van der Waals surface area contributed by atoms with E-state index in [9.17, 15) is 0 Å². The summed E-state index contributed by atoms with van der Waals surface area (Å²) in [7, 11) is 2.13. The molecule has 3 nitrogen and oxygen atoms in total. The van der Waals surface area contributed by atoms with E-state index in [0.29, 0.717) is 5.92 Å². The standard InChI is InChI=1S/C18H25N3/c1-15(2)11-20-13-17-12-19-10-9-18(17)21(3)14-16-7-5-4-6-8-16/h4-10,12,15,20H,11,13-14H2,1-3H3. The lowest BCUT2D eigenvalue weighted by Crippen LogP contribution is -2.23. The number of hydrogen-bond acceptors (Lipinski definition) is 3. The third-order valence-electron chi connectivity index (χ3n) is 3.42. The molecule has 0 radical (unpaired) electrons. The van der Waals surface area contributed by atoms with Gasteiger partial charge in [0, 0.05) is 43.8 Å². The van der Waals surface area contributed by atoms with Crippen molar-refractivity contribution < 1.29 is 0 Å². The minimum Gasteiger partial charge on any atom is -0.370 e. The Bertz CT molecular complexity index is 537. The summed E-state index contributed by atoms with van der Waals surface area (Å²) >= 11 is 0. The van der Waals surface area contributed by atoms with E-state index in [4.69, 9.17) is 0 Å². The number of nitrogens with zero attached hydrogens (tertiary/aromatic N) is 2. The lowest BCUT2D eigenvalue weighted by molar-refractivity contribution is 0.551. The second-order valence-corrected chi connectivity index (χ2v) is 5.87. The fourth-order valence-electron chi connectivity index (χ4n) is 2.37. The van der Waals surface area contributed by atoms with Crippen LogP contribution >= 0.6 is 0 Å². The average Bonchev–Trinajstić information content (AvgIpc) is 2.48. The first kappa shape index (κ1) is 15.5. The van der Waals surface area contributed by atoms with Crippen molar-refractivity contribution in [1.29, 1.82) is 0 Å². The third kappa shape index (κ3) is 4.87. The van der Waals surface area contributed by atoms with Crippen LogP contribution in [0.5, 0.6) is 0 Å². The van der Waals surface area contributed by atoms with Gasteiger partial charge in [-0.1, -0.05) is 44.2 Å². The van der Waals surface area contributed by atoms with E-state index in [1.165, 1.54) is 16.8 Å². The van der Waals surface area contributed by atoms with Crippen LogP contribution < -0.4 is 10.2 Å². The van der Waals surface area contributed by atoms with Crippen LogP contribution in [0.3, 0.4) is 0 Å². The molecule has 0 atom stereocenters. The minimum absolute atomic E-state index is 0.659. The van der Waals surface area contributed by atoms with Crippen molar-refractivity contribution in [3.63, 3.8) is 0 Å². The first-order valence-corrected chi connectivity index (χ1v) is 7.55. The Morgan fingerprint density at radius 2 is 1.90 bits per heavy atom. The van der Waals surface area contributed by atoms with Gasteiger partial charge in [-0.2, -0.15) is 0 Å². The largest absolute Gasteiger partial charge is 0.370 e. The van der Waals surface area contributed by atoms with Gasteiger partial charge in [0.2, 0.25) is 0 Å². The Kier molecular flexibility index (Phi) is 5.76. The Morgan fingerprint density at radius 1 is 1.14 bits per heavy atom. The van der Waals surface area contributed by atoms with E-state index in [0.717, 1.165) is 19.6 Å². The molecule has 1 aromatic heterocycles. The minimum atomic E-state index is 0.659. The molecule has 0 bridgehead atoms. The first-order chi connectivity index (χ1) is 10.2. The summed E-state index contributed by atoms with van der Waals surface area (Å²) in [6.45, 7) is 7.23. The highest BCUT2D eigenvalue weighted by atomic mass is 15.1. The Balaban J connectivity index is 2.04. The highest BCUT2D eigenvalue weighted by molar-refractivity contribution is 5.52. The number of anilines is 1. The summed E-state index contributed by atoms with van der Waals surface area (Å²) in [5.74, 6) is 0.659. The predicted octanol–water partition coefficient (Wildman–Crippen LogP) is 3.46. The molecule has 1 heterocycles. The number of hydrogen-bond donors (Lipinski definition) is 1. The predicted molar refractivity (Wildman–Crippen MR) is 89.3 cm³/mol. The molecule has 0 spiro atoms. The molecule has 2 aromatic rings. The van der Waals surface area contributed by atoms with Gasteiger partial charge < -0.3 is 10.2 Å². The lowest BCUT2D eigenvalue weighted by Gasteiger charge is -2.22. The molecular formula is C18H25N3. The zero-order valence-corrected chi connectivity index (χ0v) is 13.2. The fraction of sp³-hybridized carbons (Fsp3) is 0.389. The molecular weight excluding hydrogens is 258 g/mol. The maximum Gasteiger partial charge on any atom is 0.0443 e. The van der Waals surface area contributed by atoms with Gasteiger partial charge in [-0.05, 0) is 24.1 Å². The first-order valence-electron chi connectivity index (χ1n) is 7.55. The van der Waals surface area contributed by atoms with Crippen LogP contribution in [0.15, 0.2) is 48.8 Å². The molecule has 0 aliphatic carbocycles. The van der Waals surface area contributed by atoms with Gasteiger partial charge >= 0.3 is 0 Å². The number of aromatic nitrogens is 1. The van der Waals surface area contributed by atoms with Crippen LogP contribution in [-0.4, -0.2) is 18.6 Å². The summed E-state index contributed by atoms with van der Waals surface area (Å²) in [6.07, 6.45) is 3.83. The molecule has 21 heavy (non-hydrogen) atoms. The van der Waals surface area contributed by atoms with Crippen LogP contribution in [0.1, 0.15) is 25.0 Å². The van der Waals surface area contributed by atoms with E-state index in [-0.39, 0.29) is 0 Å². The summed E-state index contributed by atoms with van der Waals surface area (Å²) in [6, 6.07) is 12.6. The van der Waals surface area contributed by atoms with Crippen LogP contribution in [-0.2, 0) is 13.1 Å². The highest BCUT2D eigenvalue weighted by Crippen LogP contribution is 2.20. The number of nitrogens with one attached hydrogen (secondary N) is 1. The van der Waals surface area contributed by atoms with Crippen molar-refractivity contribution in [2.24, 2.45) is 5.92 Å². The van der Waals surface area contributed by atoms with Crippen molar-refractivity contribution in [1.82, 2.24) is 10.3 Å². The van der Waals surface area contributed by atoms with Gasteiger partial charge in [-0.3, -0.25) is 4.98 Å². The van der Waals surface area contributed by atoms with Crippen molar-refractivity contribution in [3.05, 3.63) is 59.9 Å². The topological polar surface area (TPSA) is 28.2 Å². The SMILES string of the molecule is CC(C)CNCc1cnccc1N(C)Cc1ccccc1. The van der Waals surface area contributed by atoms with Gasteiger partial charge in [0.15, 0.2) is 0 Å². The van der Waals surface area contributed by atoms with Gasteiger partial charge in [-0.25, -0.2) is 0 Å². The Morgan fingerprint density at radius 3 is 2.62 bits per heavy atom. The summed E-state index contributed by atoms with van der Waals surface area (Å²) < 4.78 is 0. The zero-order chi connectivity index (χ0) is 15.1. The lowest BCUT2D eigenvalue weighted by atomic mass is 10.1. The van der Waals surface area contributed by atoms with Gasteiger partial charge in [0.1, 0.15) is 0 Å². The van der Waals surface area contributed by atoms with Crippen molar-refractivity contribution in [3.8, 4) is 0 Å². The molecule has 0 aliphatic heterocycles. The Hall–Kier alpha value is -1.87. The molecule has 0 aliphatic rings. The quantitative estimate of drug-likeness (QED) is 0.843. The molecule has 1 aromatic carbocycles. The van der Waals surface area contributed by atoms with E-state index in [1.807, 2.05) is 12.4 Å². The smallest absolute Gasteiger partial charge is 0.0443 e. The molecule has 1 N–H and O–H groups in total. The molecule has 3 heteroatoms. The van der Waals surface area contributed by atoms with Crippen molar-refractivity contribution >= 4 is 5.69 Å². The molecule has 0 fully saturated rings. The van der Waals surface area contributed by atoms with Crippen LogP contribution in [0.2, 0.25) is 0 Å². The maximum absolute atomic E-state index is 4.27. The molecule has 0 amide bonds. The van der Waals surface area contributed by atoms with Gasteiger partial charge in [0.25, 0.3) is 0 Å². The van der Waals surface area contributed by atoms with Crippen molar-refractivity contribution in [2.45, 2.75) is 26.9 Å². The number of pyridine rings is 1. The normalized spacial score (nSPS) is 10.9. The van der Waals surface area contributed by atoms with Gasteiger partial charge in [-0.15, -0.1) is 0 Å². The van der Waals surface area contributed by atoms with Crippen LogP contribution in [0.25, 0.3) is 0 Å². The third-order valence-corrected chi connectivity index (χ3v) is 3.42. The van der Waals surface area contributed by atoms with Crippen LogP contribution in [0.4, 0.5) is 5.69 Å².